The first-order valence-corrected chi connectivity index (χ1v) is 7.90. The van der Waals surface area contributed by atoms with Gasteiger partial charge in [-0.2, -0.15) is 9.97 Å². The normalized spacial score (nSPS) is 19.6. The van der Waals surface area contributed by atoms with Crippen LogP contribution in [0.1, 0.15) is 25.7 Å². The molecule has 0 spiro atoms. The van der Waals surface area contributed by atoms with Gasteiger partial charge in [0.1, 0.15) is 5.82 Å². The Bertz CT molecular complexity index is 477. The number of nitrogens with one attached hydrogen (secondary N) is 1. The summed E-state index contributed by atoms with van der Waals surface area (Å²) >= 11 is 0. The molecule has 0 aromatic carbocycles. The summed E-state index contributed by atoms with van der Waals surface area (Å²) in [5.41, 5.74) is 5.75. The number of piperidine rings is 2. The summed E-state index contributed by atoms with van der Waals surface area (Å²) in [5.74, 6) is 3.48. The van der Waals surface area contributed by atoms with Crippen molar-refractivity contribution in [2.75, 3.05) is 43.9 Å². The molecule has 0 radical (unpaired) electrons. The third-order valence-corrected chi connectivity index (χ3v) is 4.83. The van der Waals surface area contributed by atoms with Crippen molar-refractivity contribution in [3.63, 3.8) is 0 Å². The van der Waals surface area contributed by atoms with Crippen molar-refractivity contribution in [2.45, 2.75) is 25.7 Å². The highest BCUT2D eigenvalue weighted by atomic mass is 35.5. The molecular formula is C15H27Cl2N5O. The van der Waals surface area contributed by atoms with Crippen molar-refractivity contribution in [3.8, 4) is 5.88 Å². The second kappa shape index (κ2) is 9.35. The average Bonchev–Trinajstić information content (AvgIpc) is 2.55. The first kappa shape index (κ1) is 20.1. The summed E-state index contributed by atoms with van der Waals surface area (Å²) in [5, 5.41) is 3.45. The summed E-state index contributed by atoms with van der Waals surface area (Å²) in [4.78, 5) is 10.7. The van der Waals surface area contributed by atoms with E-state index >= 15 is 0 Å². The van der Waals surface area contributed by atoms with Crippen LogP contribution in [-0.2, 0) is 0 Å². The number of hydrogen-bond donors (Lipinski definition) is 2. The van der Waals surface area contributed by atoms with Gasteiger partial charge in [0.05, 0.1) is 7.11 Å². The molecule has 6 nitrogen and oxygen atoms in total. The van der Waals surface area contributed by atoms with E-state index in [-0.39, 0.29) is 30.8 Å². The molecule has 2 fully saturated rings. The number of nitrogens with zero attached hydrogens (tertiary/aromatic N) is 3. The minimum absolute atomic E-state index is 0. The van der Waals surface area contributed by atoms with Gasteiger partial charge in [0.15, 0.2) is 0 Å². The zero-order valence-corrected chi connectivity index (χ0v) is 15.2. The summed E-state index contributed by atoms with van der Waals surface area (Å²) < 4.78 is 5.18. The van der Waals surface area contributed by atoms with Crippen LogP contribution in [-0.4, -0.2) is 43.3 Å². The molecule has 0 amide bonds. The molecule has 2 aliphatic rings. The van der Waals surface area contributed by atoms with Crippen molar-refractivity contribution in [1.82, 2.24) is 15.3 Å². The summed E-state index contributed by atoms with van der Waals surface area (Å²) in [7, 11) is 1.61. The largest absolute Gasteiger partial charge is 0.481 e. The Labute approximate surface area is 150 Å². The third kappa shape index (κ3) is 4.99. The molecule has 2 aliphatic heterocycles. The Morgan fingerprint density at radius 1 is 1.09 bits per heavy atom. The molecule has 0 aliphatic carbocycles. The van der Waals surface area contributed by atoms with Crippen LogP contribution in [0.3, 0.4) is 0 Å². The van der Waals surface area contributed by atoms with Crippen LogP contribution in [0, 0.1) is 11.8 Å². The zero-order chi connectivity index (χ0) is 14.7. The van der Waals surface area contributed by atoms with Gasteiger partial charge in [-0.25, -0.2) is 0 Å². The Morgan fingerprint density at radius 3 is 2.30 bits per heavy atom. The molecule has 0 saturated carbocycles. The predicted molar refractivity (Wildman–Crippen MR) is 98.0 cm³/mol. The number of anilines is 2. The standard InChI is InChI=1S/C15H25N5O.2ClH/c1-21-14-10-13(18-15(16)19-14)20-8-4-12(5-9-20)11-2-6-17-7-3-11;;/h10-12,17H,2-9H2,1H3,(H2,16,18,19);2*1H. The van der Waals surface area contributed by atoms with E-state index < -0.39 is 0 Å². The van der Waals surface area contributed by atoms with Crippen LogP contribution in [0.4, 0.5) is 11.8 Å². The van der Waals surface area contributed by atoms with Gasteiger partial charge in [0.2, 0.25) is 11.8 Å². The molecule has 132 valence electrons. The fourth-order valence-corrected chi connectivity index (χ4v) is 3.61. The first-order chi connectivity index (χ1) is 10.3. The van der Waals surface area contributed by atoms with Crippen molar-refractivity contribution < 1.29 is 4.74 Å². The number of methoxy groups -OCH3 is 1. The lowest BCUT2D eigenvalue weighted by Crippen LogP contribution is -2.39. The Kier molecular flexibility index (Phi) is 8.16. The zero-order valence-electron chi connectivity index (χ0n) is 13.5. The molecule has 8 heteroatoms. The second-order valence-corrected chi connectivity index (χ2v) is 6.04. The van der Waals surface area contributed by atoms with E-state index in [4.69, 9.17) is 10.5 Å². The smallest absolute Gasteiger partial charge is 0.225 e. The van der Waals surface area contributed by atoms with Crippen molar-refractivity contribution in [2.24, 2.45) is 11.8 Å². The highest BCUT2D eigenvalue weighted by Crippen LogP contribution is 2.32. The molecule has 3 heterocycles. The van der Waals surface area contributed by atoms with Crippen LogP contribution in [0.5, 0.6) is 5.88 Å². The number of rotatable bonds is 3. The summed E-state index contributed by atoms with van der Waals surface area (Å²) in [6, 6.07) is 1.88. The van der Waals surface area contributed by atoms with E-state index in [1.807, 2.05) is 6.07 Å². The maximum Gasteiger partial charge on any atom is 0.225 e. The van der Waals surface area contributed by atoms with Crippen molar-refractivity contribution in [3.05, 3.63) is 6.07 Å². The van der Waals surface area contributed by atoms with Crippen LogP contribution in [0.2, 0.25) is 0 Å². The van der Waals surface area contributed by atoms with Crippen LogP contribution in [0.15, 0.2) is 6.07 Å². The monoisotopic (exact) mass is 363 g/mol. The highest BCUT2D eigenvalue weighted by molar-refractivity contribution is 5.85. The van der Waals surface area contributed by atoms with E-state index in [0.717, 1.165) is 30.7 Å². The molecule has 2 saturated heterocycles. The number of halogens is 2. The lowest BCUT2D eigenvalue weighted by atomic mass is 9.79. The fraction of sp³-hybridized carbons (Fsp3) is 0.733. The number of nitrogen functional groups attached to an aromatic ring is 1. The lowest BCUT2D eigenvalue weighted by Gasteiger charge is -2.38. The maximum absolute atomic E-state index is 5.75. The van der Waals surface area contributed by atoms with Gasteiger partial charge in [-0.15, -0.1) is 24.8 Å². The quantitative estimate of drug-likeness (QED) is 0.856. The van der Waals surface area contributed by atoms with Crippen LogP contribution in [0.25, 0.3) is 0 Å². The molecular weight excluding hydrogens is 337 g/mol. The second-order valence-electron chi connectivity index (χ2n) is 6.04. The van der Waals surface area contributed by atoms with Crippen molar-refractivity contribution >= 4 is 36.6 Å². The molecule has 23 heavy (non-hydrogen) atoms. The molecule has 0 atom stereocenters. The molecule has 0 bridgehead atoms. The number of aromatic nitrogens is 2. The maximum atomic E-state index is 5.75. The minimum atomic E-state index is 0. The fourth-order valence-electron chi connectivity index (χ4n) is 3.61. The number of hydrogen-bond acceptors (Lipinski definition) is 6. The van der Waals surface area contributed by atoms with Gasteiger partial charge in [-0.1, -0.05) is 0 Å². The van der Waals surface area contributed by atoms with Crippen LogP contribution < -0.4 is 20.7 Å². The van der Waals surface area contributed by atoms with E-state index in [0.29, 0.717) is 5.88 Å². The first-order valence-electron chi connectivity index (χ1n) is 7.90. The van der Waals surface area contributed by atoms with Gasteiger partial charge in [-0.05, 0) is 50.6 Å². The summed E-state index contributed by atoms with van der Waals surface area (Å²) in [6.07, 6.45) is 5.16. The average molecular weight is 364 g/mol. The third-order valence-electron chi connectivity index (χ3n) is 4.83. The van der Waals surface area contributed by atoms with Gasteiger partial charge >= 0.3 is 0 Å². The molecule has 3 rings (SSSR count). The Hall–Kier alpha value is -0.980. The SMILES string of the molecule is COc1cc(N2CCC(C3CCNCC3)CC2)nc(N)n1.Cl.Cl. The molecule has 1 aromatic heterocycles. The van der Waals surface area contributed by atoms with E-state index in [2.05, 4.69) is 20.2 Å². The van der Waals surface area contributed by atoms with Crippen molar-refractivity contribution in [1.29, 1.82) is 0 Å². The van der Waals surface area contributed by atoms with Crippen LogP contribution >= 0.6 is 24.8 Å². The van der Waals surface area contributed by atoms with Gasteiger partial charge in [0.25, 0.3) is 0 Å². The van der Waals surface area contributed by atoms with E-state index in [1.165, 1.54) is 38.8 Å². The van der Waals surface area contributed by atoms with Gasteiger partial charge in [-0.3, -0.25) is 0 Å². The highest BCUT2D eigenvalue weighted by Gasteiger charge is 2.28. The molecule has 1 aromatic rings. The van der Waals surface area contributed by atoms with E-state index in [1.54, 1.807) is 7.11 Å². The van der Waals surface area contributed by atoms with E-state index in [9.17, 15) is 0 Å². The lowest BCUT2D eigenvalue weighted by molar-refractivity contribution is 0.221. The van der Waals surface area contributed by atoms with Gasteiger partial charge < -0.3 is 20.7 Å². The predicted octanol–water partition coefficient (Wildman–Crippen LogP) is 2.13. The summed E-state index contributed by atoms with van der Waals surface area (Å²) in [6.45, 7) is 4.47. The minimum Gasteiger partial charge on any atom is -0.481 e. The number of nitrogens with two attached hydrogens (primary N) is 1. The molecule has 3 N–H and O–H groups in total. The topological polar surface area (TPSA) is 76.3 Å². The Balaban J connectivity index is 0.00000132. The number of ether oxygens (including phenoxy) is 1. The molecule has 0 unspecified atom stereocenters. The van der Waals surface area contributed by atoms with Gasteiger partial charge in [0, 0.05) is 19.2 Å². The Morgan fingerprint density at radius 2 is 1.70 bits per heavy atom.